The van der Waals surface area contributed by atoms with Gasteiger partial charge in [0.2, 0.25) is 17.7 Å². The smallest absolute Gasteiger partial charge is 0.326 e. The Kier molecular flexibility index (Phi) is 14.8. The van der Waals surface area contributed by atoms with Gasteiger partial charge in [-0.2, -0.15) is 11.8 Å². The number of guanidine groups is 1. The highest BCUT2D eigenvalue weighted by atomic mass is 32.2. The number of carboxylic acids is 1. The first-order chi connectivity index (χ1) is 18.0. The molecule has 1 rings (SSSR count). The summed E-state index contributed by atoms with van der Waals surface area (Å²) in [7, 11) is 0. The van der Waals surface area contributed by atoms with Gasteiger partial charge in [0.05, 0.1) is 6.04 Å². The summed E-state index contributed by atoms with van der Waals surface area (Å²) < 4.78 is 0. The number of hydrogen-bond donors (Lipinski definition) is 7. The van der Waals surface area contributed by atoms with Crippen molar-refractivity contribution in [3.8, 4) is 0 Å². The molecule has 212 valence electrons. The zero-order valence-electron chi connectivity index (χ0n) is 22.2. The maximum Gasteiger partial charge on any atom is 0.326 e. The van der Waals surface area contributed by atoms with Crippen molar-refractivity contribution in [2.24, 2.45) is 28.1 Å². The third-order valence-electron chi connectivity index (χ3n) is 5.69. The van der Waals surface area contributed by atoms with Crippen LogP contribution in [-0.4, -0.2) is 77.5 Å². The zero-order chi connectivity index (χ0) is 28.7. The lowest BCUT2D eigenvalue weighted by Gasteiger charge is -2.27. The standard InChI is InChI=1S/C25H41N7O5S/c1-15(2)20(23(35)30-18(24(36)37)10-7-12-29-25(27)28)32-22(34)19(14-16-8-5-4-6-9-16)31-21(33)17(26)11-13-38-3/h4-6,8-9,15,17-20H,7,10-14,26H2,1-3H3,(H,30,35)(H,31,33)(H,32,34)(H,36,37)(H4,27,28,29). The molecule has 1 aromatic rings. The molecule has 0 fully saturated rings. The summed E-state index contributed by atoms with van der Waals surface area (Å²) in [6, 6.07) is 5.12. The van der Waals surface area contributed by atoms with Crippen LogP contribution in [0, 0.1) is 5.92 Å². The lowest BCUT2D eigenvalue weighted by molar-refractivity contribution is -0.142. The molecule has 4 unspecified atom stereocenters. The highest BCUT2D eigenvalue weighted by molar-refractivity contribution is 7.98. The molecule has 12 nitrogen and oxygen atoms in total. The summed E-state index contributed by atoms with van der Waals surface area (Å²) >= 11 is 1.56. The van der Waals surface area contributed by atoms with Crippen LogP contribution in [0.3, 0.4) is 0 Å². The summed E-state index contributed by atoms with van der Waals surface area (Å²) in [5, 5.41) is 17.4. The lowest BCUT2D eigenvalue weighted by atomic mass is 10.00. The van der Waals surface area contributed by atoms with Crippen molar-refractivity contribution >= 4 is 41.4 Å². The molecule has 3 amide bonds. The summed E-state index contributed by atoms with van der Waals surface area (Å²) in [4.78, 5) is 54.6. The number of nitrogens with two attached hydrogens (primary N) is 3. The van der Waals surface area contributed by atoms with E-state index in [2.05, 4.69) is 20.9 Å². The number of rotatable bonds is 17. The van der Waals surface area contributed by atoms with E-state index in [1.54, 1.807) is 25.6 Å². The normalized spacial score (nSPS) is 14.0. The van der Waals surface area contributed by atoms with E-state index in [1.807, 2.05) is 36.6 Å². The zero-order valence-corrected chi connectivity index (χ0v) is 23.0. The van der Waals surface area contributed by atoms with Crippen LogP contribution in [0.1, 0.15) is 38.7 Å². The van der Waals surface area contributed by atoms with E-state index >= 15 is 0 Å². The van der Waals surface area contributed by atoms with E-state index in [9.17, 15) is 24.3 Å². The van der Waals surface area contributed by atoms with Crippen molar-refractivity contribution in [2.75, 3.05) is 18.6 Å². The van der Waals surface area contributed by atoms with Gasteiger partial charge in [0, 0.05) is 13.0 Å². The lowest BCUT2D eigenvalue weighted by Crippen LogP contribution is -2.59. The number of nitrogens with one attached hydrogen (secondary N) is 3. The second-order valence-electron chi connectivity index (χ2n) is 9.22. The van der Waals surface area contributed by atoms with Gasteiger partial charge in [-0.3, -0.25) is 19.4 Å². The maximum atomic E-state index is 13.3. The monoisotopic (exact) mass is 551 g/mol. The van der Waals surface area contributed by atoms with E-state index in [0.29, 0.717) is 18.6 Å². The molecule has 4 atom stereocenters. The second-order valence-corrected chi connectivity index (χ2v) is 10.2. The molecular formula is C25H41N7O5S. The predicted molar refractivity (Wildman–Crippen MR) is 149 cm³/mol. The first kappa shape index (κ1) is 32.7. The van der Waals surface area contributed by atoms with Crippen LogP contribution < -0.4 is 33.2 Å². The number of thioether (sulfide) groups is 1. The highest BCUT2D eigenvalue weighted by Gasteiger charge is 2.32. The minimum Gasteiger partial charge on any atom is -0.480 e. The fourth-order valence-electron chi connectivity index (χ4n) is 3.53. The van der Waals surface area contributed by atoms with Crippen LogP contribution in [-0.2, 0) is 25.6 Å². The average molecular weight is 552 g/mol. The van der Waals surface area contributed by atoms with E-state index in [4.69, 9.17) is 17.2 Å². The number of carboxylic acid groups (broad SMARTS) is 1. The Morgan fingerprint density at radius 2 is 1.58 bits per heavy atom. The van der Waals surface area contributed by atoms with Crippen molar-refractivity contribution in [1.82, 2.24) is 16.0 Å². The first-order valence-corrected chi connectivity index (χ1v) is 13.8. The van der Waals surface area contributed by atoms with Crippen LogP contribution in [0.5, 0.6) is 0 Å². The molecule has 0 aliphatic heterocycles. The largest absolute Gasteiger partial charge is 0.480 e. The number of benzene rings is 1. The molecule has 38 heavy (non-hydrogen) atoms. The Labute approximate surface area is 227 Å². The Morgan fingerprint density at radius 1 is 0.947 bits per heavy atom. The molecule has 0 spiro atoms. The number of hydrogen-bond acceptors (Lipinski definition) is 7. The number of aliphatic carboxylic acids is 1. The fourth-order valence-corrected chi connectivity index (χ4v) is 4.01. The topological polar surface area (TPSA) is 215 Å². The molecular weight excluding hydrogens is 510 g/mol. The molecule has 1 aromatic carbocycles. The van der Waals surface area contributed by atoms with Crippen molar-refractivity contribution in [2.45, 2.75) is 63.7 Å². The van der Waals surface area contributed by atoms with Gasteiger partial charge in [0.1, 0.15) is 18.1 Å². The number of aliphatic imine (C=N–C) groups is 1. The number of amides is 3. The van der Waals surface area contributed by atoms with Crippen LogP contribution in [0.15, 0.2) is 35.3 Å². The SMILES string of the molecule is CSCCC(N)C(=O)NC(Cc1ccccc1)C(=O)NC(C(=O)NC(CCCN=C(N)N)C(=O)O)C(C)C. The van der Waals surface area contributed by atoms with Gasteiger partial charge < -0.3 is 38.3 Å². The Balaban J connectivity index is 2.99. The van der Waals surface area contributed by atoms with Gasteiger partial charge in [-0.15, -0.1) is 0 Å². The Bertz CT molecular complexity index is 941. The fraction of sp³-hybridized carbons (Fsp3) is 0.560. The maximum absolute atomic E-state index is 13.3. The van der Waals surface area contributed by atoms with Crippen LogP contribution in [0.2, 0.25) is 0 Å². The molecule has 0 aromatic heterocycles. The third-order valence-corrected chi connectivity index (χ3v) is 6.34. The van der Waals surface area contributed by atoms with Crippen molar-refractivity contribution in [1.29, 1.82) is 0 Å². The van der Waals surface area contributed by atoms with Gasteiger partial charge in [0.25, 0.3) is 0 Å². The van der Waals surface area contributed by atoms with Gasteiger partial charge in [0.15, 0.2) is 5.96 Å². The number of nitrogens with zero attached hydrogens (tertiary/aromatic N) is 1. The van der Waals surface area contributed by atoms with E-state index < -0.39 is 47.9 Å². The molecule has 0 bridgehead atoms. The van der Waals surface area contributed by atoms with Crippen LogP contribution >= 0.6 is 11.8 Å². The molecule has 13 heteroatoms. The van der Waals surface area contributed by atoms with Gasteiger partial charge >= 0.3 is 5.97 Å². The van der Waals surface area contributed by atoms with E-state index in [0.717, 1.165) is 5.56 Å². The van der Waals surface area contributed by atoms with Crippen molar-refractivity contribution in [3.63, 3.8) is 0 Å². The van der Waals surface area contributed by atoms with Crippen LogP contribution in [0.4, 0.5) is 0 Å². The van der Waals surface area contributed by atoms with E-state index in [-0.39, 0.29) is 31.3 Å². The summed E-state index contributed by atoms with van der Waals surface area (Å²) in [5.74, 6) is -2.69. The molecule has 0 aliphatic carbocycles. The average Bonchev–Trinajstić information content (AvgIpc) is 2.86. The Morgan fingerprint density at radius 3 is 2.13 bits per heavy atom. The number of carbonyl (C=O) groups is 4. The summed E-state index contributed by atoms with van der Waals surface area (Å²) in [5.41, 5.74) is 17.4. The molecule has 0 radical (unpaired) electrons. The first-order valence-electron chi connectivity index (χ1n) is 12.4. The minimum atomic E-state index is -1.22. The van der Waals surface area contributed by atoms with Gasteiger partial charge in [-0.05, 0) is 42.8 Å². The number of carbonyl (C=O) groups excluding carboxylic acids is 3. The molecule has 0 aliphatic rings. The van der Waals surface area contributed by atoms with E-state index in [1.165, 1.54) is 0 Å². The van der Waals surface area contributed by atoms with Gasteiger partial charge in [-0.25, -0.2) is 4.79 Å². The second kappa shape index (κ2) is 17.2. The van der Waals surface area contributed by atoms with Crippen molar-refractivity contribution in [3.05, 3.63) is 35.9 Å². The Hall–Kier alpha value is -3.32. The molecule has 0 heterocycles. The third kappa shape index (κ3) is 12.3. The summed E-state index contributed by atoms with van der Waals surface area (Å²) in [6.45, 7) is 3.66. The highest BCUT2D eigenvalue weighted by Crippen LogP contribution is 2.09. The predicted octanol–water partition coefficient (Wildman–Crippen LogP) is -0.442. The molecule has 0 saturated heterocycles. The summed E-state index contributed by atoms with van der Waals surface area (Å²) in [6.07, 6.45) is 2.96. The molecule has 0 saturated carbocycles. The van der Waals surface area contributed by atoms with Crippen molar-refractivity contribution < 1.29 is 24.3 Å². The quantitative estimate of drug-likeness (QED) is 0.0757. The minimum absolute atomic E-state index is 0.0945. The van der Waals surface area contributed by atoms with Crippen LogP contribution in [0.25, 0.3) is 0 Å². The molecule has 10 N–H and O–H groups in total. The van der Waals surface area contributed by atoms with Gasteiger partial charge in [-0.1, -0.05) is 44.2 Å².